The monoisotopic (exact) mass is 300 g/mol. The third-order valence-corrected chi connectivity index (χ3v) is 2.84. The van der Waals surface area contributed by atoms with Gasteiger partial charge in [-0.3, -0.25) is 4.74 Å². The van der Waals surface area contributed by atoms with E-state index in [0.717, 1.165) is 0 Å². The molecule has 0 radical (unpaired) electrons. The van der Waals surface area contributed by atoms with Gasteiger partial charge in [0.2, 0.25) is 5.60 Å². The maximum atomic E-state index is 13.7. The SMILES string of the molecule is CCCOC1(C)C(F)(F)OC(O)(C(F)(F)F)C1(F)F. The summed E-state index contributed by atoms with van der Waals surface area (Å²) in [4.78, 5) is 0. The molecule has 0 saturated carbocycles. The van der Waals surface area contributed by atoms with Crippen molar-refractivity contribution < 1.29 is 45.3 Å². The van der Waals surface area contributed by atoms with Crippen LogP contribution < -0.4 is 0 Å². The molecule has 1 aliphatic rings. The molecule has 0 aromatic carbocycles. The normalized spacial score (nSPS) is 37.6. The number of hydrogen-bond acceptors (Lipinski definition) is 3. The highest BCUT2D eigenvalue weighted by molar-refractivity contribution is 5.14. The summed E-state index contributed by atoms with van der Waals surface area (Å²) < 4.78 is 98.4. The Morgan fingerprint density at radius 3 is 1.95 bits per heavy atom. The fourth-order valence-electron chi connectivity index (χ4n) is 1.57. The Balaban J connectivity index is 3.34. The number of aliphatic hydroxyl groups is 1. The molecule has 1 N–H and O–H groups in total. The van der Waals surface area contributed by atoms with Crippen LogP contribution in [0.2, 0.25) is 0 Å². The van der Waals surface area contributed by atoms with E-state index in [2.05, 4.69) is 9.47 Å². The van der Waals surface area contributed by atoms with E-state index in [4.69, 9.17) is 5.11 Å². The first-order valence-electron chi connectivity index (χ1n) is 5.15. The van der Waals surface area contributed by atoms with Crippen molar-refractivity contribution in [3.05, 3.63) is 0 Å². The number of hydrogen-bond donors (Lipinski definition) is 1. The molecule has 1 aliphatic heterocycles. The molecule has 0 aromatic heterocycles. The number of ether oxygens (including phenoxy) is 2. The Labute approximate surface area is 103 Å². The zero-order valence-corrected chi connectivity index (χ0v) is 9.82. The molecule has 0 aromatic rings. The van der Waals surface area contributed by atoms with Crippen LogP contribution in [0.4, 0.5) is 30.7 Å². The second-order valence-electron chi connectivity index (χ2n) is 4.22. The summed E-state index contributed by atoms with van der Waals surface area (Å²) in [6, 6.07) is 0. The summed E-state index contributed by atoms with van der Waals surface area (Å²) in [7, 11) is 0. The van der Waals surface area contributed by atoms with Gasteiger partial charge in [0.05, 0.1) is 0 Å². The van der Waals surface area contributed by atoms with E-state index in [1.54, 1.807) is 0 Å². The highest BCUT2D eigenvalue weighted by Gasteiger charge is 2.91. The molecule has 1 rings (SSSR count). The van der Waals surface area contributed by atoms with Gasteiger partial charge < -0.3 is 9.84 Å². The zero-order chi connectivity index (χ0) is 15.3. The summed E-state index contributed by atoms with van der Waals surface area (Å²) in [5.74, 6) is -10.7. The largest absolute Gasteiger partial charge is 0.450 e. The minimum absolute atomic E-state index is 0.00615. The van der Waals surface area contributed by atoms with Crippen LogP contribution in [0.3, 0.4) is 0 Å². The average Bonchev–Trinajstić information content (AvgIpc) is 2.32. The molecule has 1 heterocycles. The molecular weight excluding hydrogens is 289 g/mol. The molecule has 114 valence electrons. The topological polar surface area (TPSA) is 38.7 Å². The Bertz CT molecular complexity index is 356. The van der Waals surface area contributed by atoms with Gasteiger partial charge in [-0.2, -0.15) is 30.7 Å². The van der Waals surface area contributed by atoms with Gasteiger partial charge in [0.25, 0.3) is 0 Å². The van der Waals surface area contributed by atoms with Crippen molar-refractivity contribution in [1.82, 2.24) is 0 Å². The van der Waals surface area contributed by atoms with Crippen LogP contribution in [-0.2, 0) is 9.47 Å². The molecule has 2 atom stereocenters. The van der Waals surface area contributed by atoms with Gasteiger partial charge in [-0.05, 0) is 13.3 Å². The van der Waals surface area contributed by atoms with Crippen LogP contribution in [0.1, 0.15) is 20.3 Å². The number of rotatable bonds is 3. The second kappa shape index (κ2) is 4.19. The van der Waals surface area contributed by atoms with Crippen LogP contribution in [0, 0.1) is 0 Å². The predicted octanol–water partition coefficient (Wildman–Crippen LogP) is 2.68. The van der Waals surface area contributed by atoms with Crippen LogP contribution in [0.25, 0.3) is 0 Å². The fourth-order valence-corrected chi connectivity index (χ4v) is 1.57. The summed E-state index contributed by atoms with van der Waals surface area (Å²) in [6.07, 6.45) is -11.1. The molecular formula is C9H11F7O3. The molecule has 1 fully saturated rings. The lowest BCUT2D eigenvalue weighted by molar-refractivity contribution is -0.433. The Kier molecular flexibility index (Phi) is 3.63. The highest BCUT2D eigenvalue weighted by atomic mass is 19.4. The van der Waals surface area contributed by atoms with Crippen LogP contribution in [0.5, 0.6) is 0 Å². The molecule has 19 heavy (non-hydrogen) atoms. The molecule has 3 nitrogen and oxygen atoms in total. The van der Waals surface area contributed by atoms with Crippen molar-refractivity contribution in [1.29, 1.82) is 0 Å². The first kappa shape index (κ1) is 16.4. The Hall–Kier alpha value is -0.610. The van der Waals surface area contributed by atoms with Crippen molar-refractivity contribution in [3.63, 3.8) is 0 Å². The van der Waals surface area contributed by atoms with Crippen molar-refractivity contribution in [2.45, 2.75) is 49.9 Å². The van der Waals surface area contributed by atoms with Gasteiger partial charge in [0.1, 0.15) is 0 Å². The maximum absolute atomic E-state index is 13.7. The van der Waals surface area contributed by atoms with Gasteiger partial charge >= 0.3 is 24.0 Å². The van der Waals surface area contributed by atoms with Gasteiger partial charge in [-0.25, -0.2) is 0 Å². The standard InChI is InChI=1S/C9H11F7O3/c1-3-4-18-5(2)6(10,11)7(17,8(12,13)14)19-9(5,15)16/h17H,3-4H2,1-2H3. The van der Waals surface area contributed by atoms with Gasteiger partial charge in [0.15, 0.2) is 0 Å². The number of halogens is 7. The lowest BCUT2D eigenvalue weighted by atomic mass is 9.92. The zero-order valence-electron chi connectivity index (χ0n) is 9.82. The maximum Gasteiger partial charge on any atom is 0.450 e. The quantitative estimate of drug-likeness (QED) is 0.814. The smallest absolute Gasteiger partial charge is 0.361 e. The van der Waals surface area contributed by atoms with E-state index < -0.39 is 36.2 Å². The first-order valence-corrected chi connectivity index (χ1v) is 5.15. The summed E-state index contributed by atoms with van der Waals surface area (Å²) >= 11 is 0. The molecule has 0 amide bonds. The highest BCUT2D eigenvalue weighted by Crippen LogP contribution is 2.62. The lowest BCUT2D eigenvalue weighted by Gasteiger charge is -2.35. The molecule has 1 saturated heterocycles. The molecule has 10 heteroatoms. The van der Waals surface area contributed by atoms with Crippen molar-refractivity contribution in [3.8, 4) is 0 Å². The van der Waals surface area contributed by atoms with E-state index >= 15 is 0 Å². The summed E-state index contributed by atoms with van der Waals surface area (Å²) in [6.45, 7) is 0.788. The van der Waals surface area contributed by atoms with Crippen molar-refractivity contribution in [2.24, 2.45) is 0 Å². The van der Waals surface area contributed by atoms with E-state index in [0.29, 0.717) is 0 Å². The third kappa shape index (κ3) is 1.91. The van der Waals surface area contributed by atoms with E-state index in [-0.39, 0.29) is 13.3 Å². The van der Waals surface area contributed by atoms with Crippen LogP contribution in [0.15, 0.2) is 0 Å². The van der Waals surface area contributed by atoms with Crippen LogP contribution in [-0.4, -0.2) is 41.3 Å². The van der Waals surface area contributed by atoms with Gasteiger partial charge in [-0.1, -0.05) is 6.92 Å². The number of alkyl halides is 7. The van der Waals surface area contributed by atoms with Crippen LogP contribution >= 0.6 is 0 Å². The third-order valence-electron chi connectivity index (χ3n) is 2.84. The molecule has 0 bridgehead atoms. The average molecular weight is 300 g/mol. The van der Waals surface area contributed by atoms with E-state index in [1.165, 1.54) is 6.92 Å². The molecule has 2 unspecified atom stereocenters. The summed E-state index contributed by atoms with van der Waals surface area (Å²) in [5.41, 5.74) is -3.93. The molecule has 0 spiro atoms. The first-order chi connectivity index (χ1) is 8.27. The predicted molar refractivity (Wildman–Crippen MR) is 46.6 cm³/mol. The van der Waals surface area contributed by atoms with Crippen molar-refractivity contribution in [2.75, 3.05) is 6.61 Å². The summed E-state index contributed by atoms with van der Waals surface area (Å²) in [5, 5.41) is 8.87. The lowest BCUT2D eigenvalue weighted by Crippen LogP contribution is -2.64. The van der Waals surface area contributed by atoms with Crippen molar-refractivity contribution >= 4 is 0 Å². The minimum atomic E-state index is -6.12. The molecule has 0 aliphatic carbocycles. The van der Waals surface area contributed by atoms with Gasteiger partial charge in [-0.15, -0.1) is 0 Å². The Morgan fingerprint density at radius 2 is 1.63 bits per heavy atom. The minimum Gasteiger partial charge on any atom is -0.361 e. The second-order valence-corrected chi connectivity index (χ2v) is 4.22. The fraction of sp³-hybridized carbons (Fsp3) is 1.00. The van der Waals surface area contributed by atoms with E-state index in [1.807, 2.05) is 0 Å². The Morgan fingerprint density at radius 1 is 1.16 bits per heavy atom. The van der Waals surface area contributed by atoms with Gasteiger partial charge in [0, 0.05) is 6.61 Å². The van der Waals surface area contributed by atoms with E-state index in [9.17, 15) is 30.7 Å².